The number of methoxy groups -OCH3 is 1. The number of hydrogen-bond donors (Lipinski definition) is 3. The highest BCUT2D eigenvalue weighted by molar-refractivity contribution is 9.10. The molecule has 0 aliphatic heterocycles. The number of hydrazone groups is 1. The highest BCUT2D eigenvalue weighted by atomic mass is 79.9. The van der Waals surface area contributed by atoms with E-state index in [4.69, 9.17) is 14.6 Å². The second-order valence-electron chi connectivity index (χ2n) is 6.20. The van der Waals surface area contributed by atoms with Crippen molar-refractivity contribution in [3.63, 3.8) is 0 Å². The maximum atomic E-state index is 12.3. The number of hydrogen-bond acceptors (Lipinski definition) is 8. The smallest absolute Gasteiger partial charge is 0.341 e. The minimum Gasteiger partial charge on any atom is -0.493 e. The molecule has 10 nitrogen and oxygen atoms in total. The van der Waals surface area contributed by atoms with E-state index in [1.807, 2.05) is 12.1 Å². The molecule has 1 heterocycles. The van der Waals surface area contributed by atoms with Crippen LogP contribution in [0.2, 0.25) is 0 Å². The molecule has 32 heavy (non-hydrogen) atoms. The zero-order valence-electron chi connectivity index (χ0n) is 16.6. The molecule has 1 aromatic heterocycles. The van der Waals surface area contributed by atoms with Crippen LogP contribution in [-0.2, 0) is 4.79 Å². The Labute approximate surface area is 190 Å². The van der Waals surface area contributed by atoms with Gasteiger partial charge in [0, 0.05) is 5.56 Å². The molecular formula is C21H16BrN5O5. The van der Waals surface area contributed by atoms with Gasteiger partial charge in [-0.25, -0.2) is 15.2 Å². The molecule has 0 bridgehead atoms. The Kier molecular flexibility index (Phi) is 7.20. The van der Waals surface area contributed by atoms with Crippen LogP contribution in [-0.4, -0.2) is 41.0 Å². The largest absolute Gasteiger partial charge is 0.493 e. The summed E-state index contributed by atoms with van der Waals surface area (Å²) in [7, 11) is 1.42. The number of benzene rings is 2. The maximum absolute atomic E-state index is 12.3. The Balaban J connectivity index is 1.85. The lowest BCUT2D eigenvalue weighted by Gasteiger charge is -2.12. The SMILES string of the molecule is COc1cc(C=NNc2nc(-c3ccccc3)c(C#N)c(=O)[nH]2)cc(Br)c1OCC(=O)O. The molecule has 3 rings (SSSR count). The number of carboxylic acid groups (broad SMARTS) is 1. The summed E-state index contributed by atoms with van der Waals surface area (Å²) < 4.78 is 10.9. The number of rotatable bonds is 8. The molecule has 0 atom stereocenters. The molecule has 11 heteroatoms. The van der Waals surface area contributed by atoms with Crippen LogP contribution in [0.4, 0.5) is 5.95 Å². The highest BCUT2D eigenvalue weighted by Crippen LogP contribution is 2.36. The van der Waals surface area contributed by atoms with Gasteiger partial charge in [0.2, 0.25) is 5.95 Å². The molecule has 0 saturated heterocycles. The zero-order valence-corrected chi connectivity index (χ0v) is 18.2. The molecule has 162 valence electrons. The molecule has 0 saturated carbocycles. The van der Waals surface area contributed by atoms with Crippen molar-refractivity contribution in [3.05, 3.63) is 68.4 Å². The van der Waals surface area contributed by atoms with Gasteiger partial charge in [0.1, 0.15) is 11.6 Å². The van der Waals surface area contributed by atoms with Gasteiger partial charge >= 0.3 is 5.97 Å². The molecule has 0 amide bonds. The first-order valence-electron chi connectivity index (χ1n) is 9.04. The molecule has 0 spiro atoms. The van der Waals surface area contributed by atoms with Crippen LogP contribution in [0.1, 0.15) is 11.1 Å². The maximum Gasteiger partial charge on any atom is 0.341 e. The summed E-state index contributed by atoms with van der Waals surface area (Å²) in [4.78, 5) is 29.8. The van der Waals surface area contributed by atoms with Crippen molar-refractivity contribution in [1.29, 1.82) is 5.26 Å². The molecule has 2 aromatic carbocycles. The molecule has 0 unspecified atom stereocenters. The standard InChI is InChI=1S/C21H16BrN5O5/c1-31-16-8-12(7-15(22)19(16)32-11-17(28)29)10-24-27-21-25-18(13-5-3-2-4-6-13)14(9-23)20(30)26-21/h2-8,10H,11H2,1H3,(H,28,29)(H2,25,26,27,30). The van der Waals surface area contributed by atoms with Crippen molar-refractivity contribution >= 4 is 34.1 Å². The number of aliphatic carboxylic acids is 1. The first kappa shape index (κ1) is 22.5. The third kappa shape index (κ3) is 5.30. The van der Waals surface area contributed by atoms with Gasteiger partial charge in [-0.3, -0.25) is 9.78 Å². The van der Waals surface area contributed by atoms with Crippen LogP contribution in [0.25, 0.3) is 11.3 Å². The number of halogens is 1. The van der Waals surface area contributed by atoms with Crippen molar-refractivity contribution in [3.8, 4) is 28.8 Å². The zero-order chi connectivity index (χ0) is 23.1. The Morgan fingerprint density at radius 1 is 1.38 bits per heavy atom. The predicted octanol–water partition coefficient (Wildman–Crippen LogP) is 2.99. The first-order valence-corrected chi connectivity index (χ1v) is 9.83. The van der Waals surface area contributed by atoms with Crippen LogP contribution in [0, 0.1) is 11.3 Å². The fourth-order valence-corrected chi connectivity index (χ4v) is 3.27. The third-order valence-electron chi connectivity index (χ3n) is 4.05. The summed E-state index contributed by atoms with van der Waals surface area (Å²) in [6, 6.07) is 14.0. The second-order valence-corrected chi connectivity index (χ2v) is 7.06. The van der Waals surface area contributed by atoms with Crippen LogP contribution >= 0.6 is 15.9 Å². The van der Waals surface area contributed by atoms with Gasteiger partial charge in [-0.15, -0.1) is 0 Å². The van der Waals surface area contributed by atoms with E-state index in [2.05, 4.69) is 36.4 Å². The number of aromatic amines is 1. The lowest BCUT2D eigenvalue weighted by Crippen LogP contribution is -2.16. The number of carbonyl (C=O) groups is 1. The monoisotopic (exact) mass is 497 g/mol. The molecule has 0 fully saturated rings. The number of H-pyrrole nitrogens is 1. The number of nitrogens with zero attached hydrogens (tertiary/aromatic N) is 3. The van der Waals surface area contributed by atoms with E-state index >= 15 is 0 Å². The van der Waals surface area contributed by atoms with Gasteiger partial charge in [-0.2, -0.15) is 10.4 Å². The van der Waals surface area contributed by atoms with Gasteiger partial charge in [0.05, 0.1) is 23.5 Å². The van der Waals surface area contributed by atoms with Crippen molar-refractivity contribution in [2.24, 2.45) is 5.10 Å². The van der Waals surface area contributed by atoms with Gasteiger partial charge in [0.25, 0.3) is 5.56 Å². The molecule has 0 radical (unpaired) electrons. The number of carboxylic acids is 1. The number of aromatic nitrogens is 2. The van der Waals surface area contributed by atoms with Gasteiger partial charge in [-0.1, -0.05) is 30.3 Å². The number of nitriles is 1. The van der Waals surface area contributed by atoms with E-state index < -0.39 is 18.1 Å². The Hall–Kier alpha value is -4.17. The summed E-state index contributed by atoms with van der Waals surface area (Å²) in [5, 5.41) is 22.2. The number of nitrogens with one attached hydrogen (secondary N) is 2. The lowest BCUT2D eigenvalue weighted by atomic mass is 10.1. The topological polar surface area (TPSA) is 150 Å². The van der Waals surface area contributed by atoms with E-state index in [1.165, 1.54) is 13.3 Å². The van der Waals surface area contributed by atoms with Crippen molar-refractivity contribution in [2.45, 2.75) is 0 Å². The van der Waals surface area contributed by atoms with E-state index in [9.17, 15) is 14.9 Å². The lowest BCUT2D eigenvalue weighted by molar-refractivity contribution is -0.139. The van der Waals surface area contributed by atoms with Crippen molar-refractivity contribution in [1.82, 2.24) is 9.97 Å². The summed E-state index contributed by atoms with van der Waals surface area (Å²) in [5.74, 6) is -0.520. The first-order chi connectivity index (χ1) is 15.4. The van der Waals surface area contributed by atoms with Crippen LogP contribution in [0.3, 0.4) is 0 Å². The summed E-state index contributed by atoms with van der Waals surface area (Å²) >= 11 is 3.32. The van der Waals surface area contributed by atoms with Gasteiger partial charge in [0.15, 0.2) is 18.1 Å². The van der Waals surface area contributed by atoms with E-state index in [0.29, 0.717) is 21.3 Å². The van der Waals surface area contributed by atoms with Gasteiger partial charge in [-0.05, 0) is 33.6 Å². The van der Waals surface area contributed by atoms with Crippen LogP contribution < -0.4 is 20.5 Å². The molecule has 3 aromatic rings. The van der Waals surface area contributed by atoms with Crippen molar-refractivity contribution < 1.29 is 19.4 Å². The van der Waals surface area contributed by atoms with Crippen LogP contribution in [0.15, 0.2) is 56.8 Å². The van der Waals surface area contributed by atoms with Gasteiger partial charge < -0.3 is 14.6 Å². The minimum atomic E-state index is -1.12. The average molecular weight is 498 g/mol. The fraction of sp³-hybridized carbons (Fsp3) is 0.0952. The van der Waals surface area contributed by atoms with E-state index in [-0.39, 0.29) is 23.0 Å². The Morgan fingerprint density at radius 3 is 2.78 bits per heavy atom. The van der Waals surface area contributed by atoms with E-state index in [1.54, 1.807) is 36.4 Å². The summed E-state index contributed by atoms with van der Waals surface area (Å²) in [6.45, 7) is -0.522. The third-order valence-corrected chi connectivity index (χ3v) is 4.64. The minimum absolute atomic E-state index is 0.0524. The second kappa shape index (κ2) is 10.2. The van der Waals surface area contributed by atoms with E-state index in [0.717, 1.165) is 0 Å². The molecule has 0 aliphatic rings. The fourth-order valence-electron chi connectivity index (χ4n) is 2.69. The number of ether oxygens (including phenoxy) is 2. The molecule has 0 aliphatic carbocycles. The Morgan fingerprint density at radius 2 is 2.12 bits per heavy atom. The summed E-state index contributed by atoms with van der Waals surface area (Å²) in [5.41, 5.74) is 3.38. The quantitative estimate of drug-likeness (QED) is 0.317. The molecular weight excluding hydrogens is 482 g/mol. The average Bonchev–Trinajstić information content (AvgIpc) is 2.78. The van der Waals surface area contributed by atoms with Crippen LogP contribution in [0.5, 0.6) is 11.5 Å². The Bertz CT molecular complexity index is 1270. The predicted molar refractivity (Wildman–Crippen MR) is 120 cm³/mol. The summed E-state index contributed by atoms with van der Waals surface area (Å²) in [6.07, 6.45) is 1.44. The highest BCUT2D eigenvalue weighted by Gasteiger charge is 2.14. The normalized spacial score (nSPS) is 10.5. The van der Waals surface area contributed by atoms with Crippen molar-refractivity contribution in [2.75, 3.05) is 19.1 Å². The molecule has 3 N–H and O–H groups in total. The number of anilines is 1.